The second-order valence-corrected chi connectivity index (χ2v) is 9.89. The van der Waals surface area contributed by atoms with Crippen LogP contribution in [0, 0.1) is 5.92 Å². The van der Waals surface area contributed by atoms with E-state index in [0.717, 1.165) is 30.8 Å². The molecule has 1 aliphatic carbocycles. The van der Waals surface area contributed by atoms with E-state index in [2.05, 4.69) is 121 Å². The molecule has 36 heavy (non-hydrogen) atoms. The van der Waals surface area contributed by atoms with Gasteiger partial charge in [0.25, 0.3) is 0 Å². The van der Waals surface area contributed by atoms with Crippen molar-refractivity contribution in [2.45, 2.75) is 58.5 Å². The molecule has 1 fully saturated rings. The maximum absolute atomic E-state index is 4.63. The number of hydrogen-bond donors (Lipinski definition) is 1. The minimum Gasteiger partial charge on any atom is -0.381 e. The summed E-state index contributed by atoms with van der Waals surface area (Å²) in [6, 6.07) is 28.2. The molecular formula is C34H40N2. The third kappa shape index (κ3) is 7.24. The van der Waals surface area contributed by atoms with Crippen LogP contribution in [0.1, 0.15) is 62.1 Å². The van der Waals surface area contributed by atoms with Gasteiger partial charge >= 0.3 is 0 Å². The molecule has 186 valence electrons. The highest BCUT2D eigenvalue weighted by atomic mass is 15.1. The van der Waals surface area contributed by atoms with Crippen molar-refractivity contribution in [3.8, 4) is 0 Å². The van der Waals surface area contributed by atoms with Gasteiger partial charge in [-0.1, -0.05) is 112 Å². The third-order valence-corrected chi connectivity index (χ3v) is 7.20. The van der Waals surface area contributed by atoms with Crippen LogP contribution in [-0.4, -0.2) is 0 Å². The van der Waals surface area contributed by atoms with Gasteiger partial charge in [0.2, 0.25) is 0 Å². The first-order valence-electron chi connectivity index (χ1n) is 13.4. The Morgan fingerprint density at radius 2 is 1.64 bits per heavy atom. The van der Waals surface area contributed by atoms with Gasteiger partial charge in [0, 0.05) is 30.2 Å². The molecule has 0 heterocycles. The monoisotopic (exact) mass is 476 g/mol. The molecule has 1 aliphatic rings. The molecule has 0 aliphatic heterocycles. The third-order valence-electron chi connectivity index (χ3n) is 7.20. The predicted molar refractivity (Wildman–Crippen MR) is 157 cm³/mol. The SMILES string of the molecule is C=C(/C=C/c1cccc(N(Cc2ccc(NCc3ccccc3)cc2)C(=C)C2CCCCC2)c1)CC. The Balaban J connectivity index is 1.51. The molecule has 0 saturated heterocycles. The summed E-state index contributed by atoms with van der Waals surface area (Å²) in [4.78, 5) is 2.44. The van der Waals surface area contributed by atoms with Gasteiger partial charge in [0.15, 0.2) is 0 Å². The first kappa shape index (κ1) is 25.6. The van der Waals surface area contributed by atoms with E-state index < -0.39 is 0 Å². The molecular weight excluding hydrogens is 436 g/mol. The van der Waals surface area contributed by atoms with Crippen molar-refractivity contribution in [1.29, 1.82) is 0 Å². The topological polar surface area (TPSA) is 15.3 Å². The molecule has 3 aromatic rings. The Kier molecular flexibility index (Phi) is 9.21. The predicted octanol–water partition coefficient (Wildman–Crippen LogP) is 9.38. The maximum atomic E-state index is 4.63. The molecule has 0 spiro atoms. The number of hydrogen-bond acceptors (Lipinski definition) is 2. The largest absolute Gasteiger partial charge is 0.381 e. The molecule has 3 aromatic carbocycles. The average molecular weight is 477 g/mol. The normalized spacial score (nSPS) is 14.0. The van der Waals surface area contributed by atoms with E-state index >= 15 is 0 Å². The van der Waals surface area contributed by atoms with Gasteiger partial charge in [-0.2, -0.15) is 0 Å². The maximum Gasteiger partial charge on any atom is 0.0478 e. The Bertz CT molecular complexity index is 1150. The Hall–Kier alpha value is -3.52. The summed E-state index contributed by atoms with van der Waals surface area (Å²) in [6.45, 7) is 12.5. The van der Waals surface area contributed by atoms with Crippen LogP contribution < -0.4 is 10.2 Å². The summed E-state index contributed by atoms with van der Waals surface area (Å²) in [6.07, 6.45) is 11.7. The molecule has 0 amide bonds. The summed E-state index contributed by atoms with van der Waals surface area (Å²) >= 11 is 0. The van der Waals surface area contributed by atoms with Crippen molar-refractivity contribution < 1.29 is 0 Å². The molecule has 2 nitrogen and oxygen atoms in total. The minimum absolute atomic E-state index is 0.560. The Morgan fingerprint density at radius 3 is 2.36 bits per heavy atom. The Morgan fingerprint density at radius 1 is 0.889 bits per heavy atom. The lowest BCUT2D eigenvalue weighted by atomic mass is 9.86. The molecule has 0 aromatic heterocycles. The van der Waals surface area contributed by atoms with Crippen molar-refractivity contribution in [3.05, 3.63) is 126 Å². The number of nitrogens with one attached hydrogen (secondary N) is 1. The van der Waals surface area contributed by atoms with E-state index in [9.17, 15) is 0 Å². The minimum atomic E-state index is 0.560. The van der Waals surface area contributed by atoms with Gasteiger partial charge in [-0.3, -0.25) is 0 Å². The molecule has 1 saturated carbocycles. The number of allylic oxidation sites excluding steroid dienone is 3. The number of benzene rings is 3. The van der Waals surface area contributed by atoms with Gasteiger partial charge in [-0.25, -0.2) is 0 Å². The van der Waals surface area contributed by atoms with E-state index in [1.165, 1.54) is 60.2 Å². The zero-order valence-corrected chi connectivity index (χ0v) is 21.8. The highest BCUT2D eigenvalue weighted by Gasteiger charge is 2.22. The summed E-state index contributed by atoms with van der Waals surface area (Å²) in [7, 11) is 0. The number of rotatable bonds is 11. The first-order chi connectivity index (χ1) is 17.6. The standard InChI is InChI=1S/C34H40N2/c1-4-27(2)18-19-29-14-11-17-34(24-29)36(28(3)32-15-9-6-10-16-32)26-31-20-22-33(23-21-31)35-25-30-12-7-5-8-13-30/h5,7-8,11-14,17-24,32,35H,2-4,6,9-10,15-16,25-26H2,1H3/b19-18+. The smallest absolute Gasteiger partial charge is 0.0478 e. The lowest BCUT2D eigenvalue weighted by molar-refractivity contribution is 0.396. The average Bonchev–Trinajstić information content (AvgIpc) is 2.95. The second kappa shape index (κ2) is 13.0. The van der Waals surface area contributed by atoms with Gasteiger partial charge in [-0.05, 0) is 66.1 Å². The van der Waals surface area contributed by atoms with Crippen molar-refractivity contribution in [3.63, 3.8) is 0 Å². The van der Waals surface area contributed by atoms with Gasteiger partial charge in [-0.15, -0.1) is 0 Å². The lowest BCUT2D eigenvalue weighted by Crippen LogP contribution is -2.27. The van der Waals surface area contributed by atoms with Gasteiger partial charge < -0.3 is 10.2 Å². The second-order valence-electron chi connectivity index (χ2n) is 9.89. The molecule has 0 unspecified atom stereocenters. The van der Waals surface area contributed by atoms with Crippen molar-refractivity contribution in [2.75, 3.05) is 10.2 Å². The van der Waals surface area contributed by atoms with Crippen LogP contribution in [0.2, 0.25) is 0 Å². The fraction of sp³-hybridized carbons (Fsp3) is 0.294. The van der Waals surface area contributed by atoms with Crippen LogP contribution >= 0.6 is 0 Å². The van der Waals surface area contributed by atoms with Crippen molar-refractivity contribution in [1.82, 2.24) is 0 Å². The fourth-order valence-electron chi connectivity index (χ4n) is 4.85. The Labute approximate surface area is 218 Å². The van der Waals surface area contributed by atoms with E-state index in [4.69, 9.17) is 0 Å². The van der Waals surface area contributed by atoms with Crippen LogP contribution in [0.25, 0.3) is 6.08 Å². The fourth-order valence-corrected chi connectivity index (χ4v) is 4.85. The summed E-state index contributed by atoms with van der Waals surface area (Å²) in [5.41, 5.74) is 8.52. The highest BCUT2D eigenvalue weighted by molar-refractivity contribution is 5.62. The molecule has 4 rings (SSSR count). The summed E-state index contributed by atoms with van der Waals surface area (Å²) in [5, 5.41) is 3.54. The first-order valence-corrected chi connectivity index (χ1v) is 13.4. The van der Waals surface area contributed by atoms with Crippen LogP contribution in [0.15, 0.2) is 109 Å². The summed E-state index contributed by atoms with van der Waals surface area (Å²) < 4.78 is 0. The van der Waals surface area contributed by atoms with Crippen LogP contribution in [0.4, 0.5) is 11.4 Å². The molecule has 0 radical (unpaired) electrons. The zero-order valence-electron chi connectivity index (χ0n) is 21.8. The van der Waals surface area contributed by atoms with E-state index in [-0.39, 0.29) is 0 Å². The molecule has 0 bridgehead atoms. The zero-order chi connectivity index (χ0) is 25.2. The number of anilines is 2. The van der Waals surface area contributed by atoms with Gasteiger partial charge in [0.05, 0.1) is 0 Å². The van der Waals surface area contributed by atoms with Crippen LogP contribution in [0.3, 0.4) is 0 Å². The van der Waals surface area contributed by atoms with Crippen LogP contribution in [-0.2, 0) is 13.1 Å². The quantitative estimate of drug-likeness (QED) is 0.277. The molecule has 2 heteroatoms. The van der Waals surface area contributed by atoms with E-state index in [0.29, 0.717) is 5.92 Å². The molecule has 1 N–H and O–H groups in total. The van der Waals surface area contributed by atoms with E-state index in [1.54, 1.807) is 0 Å². The lowest BCUT2D eigenvalue weighted by Gasteiger charge is -2.34. The molecule has 0 atom stereocenters. The number of nitrogens with zero attached hydrogens (tertiary/aromatic N) is 1. The highest BCUT2D eigenvalue weighted by Crippen LogP contribution is 2.34. The van der Waals surface area contributed by atoms with Crippen molar-refractivity contribution >= 4 is 17.5 Å². The van der Waals surface area contributed by atoms with Crippen LogP contribution in [0.5, 0.6) is 0 Å². The summed E-state index contributed by atoms with van der Waals surface area (Å²) in [5.74, 6) is 0.560. The van der Waals surface area contributed by atoms with Gasteiger partial charge in [0.1, 0.15) is 0 Å². The van der Waals surface area contributed by atoms with Crippen molar-refractivity contribution in [2.24, 2.45) is 5.92 Å². The van der Waals surface area contributed by atoms with E-state index in [1.807, 2.05) is 0 Å².